The first kappa shape index (κ1) is 15.9. The van der Waals surface area contributed by atoms with Crippen LogP contribution in [0.25, 0.3) is 0 Å². The number of phenolic OH excluding ortho intramolecular Hbond substituents is 2. The van der Waals surface area contributed by atoms with Gasteiger partial charge >= 0.3 is 5.97 Å². The van der Waals surface area contributed by atoms with Crippen molar-refractivity contribution in [2.45, 2.75) is 32.8 Å². The van der Waals surface area contributed by atoms with E-state index >= 15 is 0 Å². The van der Waals surface area contributed by atoms with Gasteiger partial charge in [-0.25, -0.2) is 4.79 Å². The van der Waals surface area contributed by atoms with Crippen LogP contribution in [-0.4, -0.2) is 16.2 Å². The summed E-state index contributed by atoms with van der Waals surface area (Å²) in [5.74, 6) is -0.950. The molecule has 22 heavy (non-hydrogen) atoms. The van der Waals surface area contributed by atoms with Crippen LogP contribution in [0.1, 0.15) is 42.3 Å². The van der Waals surface area contributed by atoms with Gasteiger partial charge in [0.15, 0.2) is 0 Å². The number of rotatable bonds is 3. The van der Waals surface area contributed by atoms with Gasteiger partial charge in [0.1, 0.15) is 18.1 Å². The summed E-state index contributed by atoms with van der Waals surface area (Å²) in [5, 5.41) is 18.7. The number of carbonyl (C=O) groups is 1. The molecule has 0 radical (unpaired) electrons. The average molecular weight is 300 g/mol. The number of ether oxygens (including phenoxy) is 1. The zero-order valence-electron chi connectivity index (χ0n) is 13.0. The van der Waals surface area contributed by atoms with Gasteiger partial charge in [-0.1, -0.05) is 45.0 Å². The molecule has 2 rings (SSSR count). The maximum absolute atomic E-state index is 11.9. The Morgan fingerprint density at radius 3 is 2.05 bits per heavy atom. The first-order chi connectivity index (χ1) is 10.3. The van der Waals surface area contributed by atoms with Gasteiger partial charge in [0.2, 0.25) is 0 Å². The fourth-order valence-corrected chi connectivity index (χ4v) is 2.05. The van der Waals surface area contributed by atoms with Gasteiger partial charge in [-0.3, -0.25) is 0 Å². The van der Waals surface area contributed by atoms with Crippen LogP contribution in [0.2, 0.25) is 0 Å². The lowest BCUT2D eigenvalue weighted by molar-refractivity contribution is 0.0471. The van der Waals surface area contributed by atoms with Gasteiger partial charge in [-0.15, -0.1) is 0 Å². The highest BCUT2D eigenvalue weighted by Crippen LogP contribution is 2.23. The third-order valence-corrected chi connectivity index (χ3v) is 3.33. The SMILES string of the molecule is CC(C)(C)c1ccc(COC(=O)c2cc(O)cc(O)c2)cc1. The lowest BCUT2D eigenvalue weighted by atomic mass is 9.87. The minimum absolute atomic E-state index is 0.0777. The van der Waals surface area contributed by atoms with Crippen molar-refractivity contribution in [3.05, 3.63) is 59.2 Å². The van der Waals surface area contributed by atoms with Crippen LogP contribution in [0, 0.1) is 0 Å². The van der Waals surface area contributed by atoms with Gasteiger partial charge in [0.25, 0.3) is 0 Å². The topological polar surface area (TPSA) is 66.8 Å². The second-order valence-electron chi connectivity index (χ2n) is 6.26. The molecule has 0 aliphatic rings. The number of benzene rings is 2. The molecule has 0 amide bonds. The summed E-state index contributed by atoms with van der Waals surface area (Å²) in [4.78, 5) is 11.9. The summed E-state index contributed by atoms with van der Waals surface area (Å²) in [5.41, 5.74) is 2.28. The van der Waals surface area contributed by atoms with Crippen molar-refractivity contribution in [3.8, 4) is 11.5 Å². The Labute approximate surface area is 130 Å². The molecule has 116 valence electrons. The molecule has 0 saturated carbocycles. The monoisotopic (exact) mass is 300 g/mol. The van der Waals surface area contributed by atoms with Crippen molar-refractivity contribution in [3.63, 3.8) is 0 Å². The van der Waals surface area contributed by atoms with Crippen LogP contribution >= 0.6 is 0 Å². The van der Waals surface area contributed by atoms with E-state index in [0.29, 0.717) is 0 Å². The van der Waals surface area contributed by atoms with E-state index in [1.165, 1.54) is 17.7 Å². The first-order valence-corrected chi connectivity index (χ1v) is 7.05. The summed E-state index contributed by atoms with van der Waals surface area (Å²) < 4.78 is 5.19. The molecule has 4 heteroatoms. The highest BCUT2D eigenvalue weighted by Gasteiger charge is 2.14. The summed E-state index contributed by atoms with van der Waals surface area (Å²) in [7, 11) is 0. The third-order valence-electron chi connectivity index (χ3n) is 3.33. The van der Waals surface area contributed by atoms with Crippen LogP contribution in [0.4, 0.5) is 0 Å². The molecule has 0 saturated heterocycles. The number of hydrogen-bond donors (Lipinski definition) is 2. The molecular formula is C18H20O4. The van der Waals surface area contributed by atoms with Gasteiger partial charge in [-0.05, 0) is 28.7 Å². The second kappa shape index (κ2) is 6.10. The van der Waals surface area contributed by atoms with E-state index in [9.17, 15) is 15.0 Å². The lowest BCUT2D eigenvalue weighted by Crippen LogP contribution is -2.11. The van der Waals surface area contributed by atoms with Gasteiger partial charge in [0, 0.05) is 6.07 Å². The van der Waals surface area contributed by atoms with Crippen molar-refractivity contribution in [1.29, 1.82) is 0 Å². The van der Waals surface area contributed by atoms with Crippen molar-refractivity contribution in [2.24, 2.45) is 0 Å². The van der Waals surface area contributed by atoms with E-state index < -0.39 is 5.97 Å². The zero-order chi connectivity index (χ0) is 16.3. The molecule has 0 spiro atoms. The second-order valence-corrected chi connectivity index (χ2v) is 6.26. The summed E-state index contributed by atoms with van der Waals surface area (Å²) in [6.45, 7) is 6.54. The van der Waals surface area contributed by atoms with Gasteiger partial charge in [-0.2, -0.15) is 0 Å². The summed E-state index contributed by atoms with van der Waals surface area (Å²) in [6, 6.07) is 11.5. The molecule has 0 heterocycles. The number of aromatic hydroxyl groups is 2. The van der Waals surface area contributed by atoms with Gasteiger partial charge < -0.3 is 14.9 Å². The van der Waals surface area contributed by atoms with Crippen LogP contribution in [-0.2, 0) is 16.8 Å². The number of hydrogen-bond acceptors (Lipinski definition) is 4. The molecule has 2 aromatic rings. The Kier molecular flexibility index (Phi) is 4.40. The molecule has 0 unspecified atom stereocenters. The predicted octanol–water partition coefficient (Wildman–Crippen LogP) is 3.75. The normalized spacial score (nSPS) is 11.2. The van der Waals surface area contributed by atoms with E-state index in [2.05, 4.69) is 20.8 Å². The highest BCUT2D eigenvalue weighted by atomic mass is 16.5. The quantitative estimate of drug-likeness (QED) is 0.847. The first-order valence-electron chi connectivity index (χ1n) is 7.05. The predicted molar refractivity (Wildman–Crippen MR) is 84.0 cm³/mol. The molecule has 0 aliphatic carbocycles. The van der Waals surface area contributed by atoms with Crippen molar-refractivity contribution in [1.82, 2.24) is 0 Å². The van der Waals surface area contributed by atoms with Crippen molar-refractivity contribution >= 4 is 5.97 Å². The summed E-state index contributed by atoms with van der Waals surface area (Å²) >= 11 is 0. The Bertz CT molecular complexity index is 646. The van der Waals surface area contributed by atoms with Crippen LogP contribution in [0.5, 0.6) is 11.5 Å². The van der Waals surface area contributed by atoms with E-state index in [1.807, 2.05) is 24.3 Å². The fourth-order valence-electron chi connectivity index (χ4n) is 2.05. The minimum atomic E-state index is -0.592. The molecule has 2 aromatic carbocycles. The third kappa shape index (κ3) is 4.01. The smallest absolute Gasteiger partial charge is 0.338 e. The molecular weight excluding hydrogens is 280 g/mol. The van der Waals surface area contributed by atoms with E-state index in [0.717, 1.165) is 11.6 Å². The molecule has 0 aliphatic heterocycles. The Morgan fingerprint density at radius 2 is 1.55 bits per heavy atom. The van der Waals surface area contributed by atoms with E-state index in [4.69, 9.17) is 4.74 Å². The molecule has 2 N–H and O–H groups in total. The van der Waals surface area contributed by atoms with Crippen LogP contribution < -0.4 is 0 Å². The molecule has 0 aromatic heterocycles. The number of carbonyl (C=O) groups excluding carboxylic acids is 1. The highest BCUT2D eigenvalue weighted by molar-refractivity contribution is 5.90. The van der Waals surface area contributed by atoms with Crippen LogP contribution in [0.15, 0.2) is 42.5 Å². The standard InChI is InChI=1S/C18H20O4/c1-18(2,3)14-6-4-12(5-7-14)11-22-17(21)13-8-15(19)10-16(20)9-13/h4-10,19-20H,11H2,1-3H3. The van der Waals surface area contributed by atoms with E-state index in [-0.39, 0.29) is 29.1 Å². The Hall–Kier alpha value is -2.49. The van der Waals surface area contributed by atoms with E-state index in [1.54, 1.807) is 0 Å². The average Bonchev–Trinajstić information content (AvgIpc) is 2.43. The molecule has 0 fully saturated rings. The lowest BCUT2D eigenvalue weighted by Gasteiger charge is -2.19. The number of esters is 1. The van der Waals surface area contributed by atoms with Crippen molar-refractivity contribution in [2.75, 3.05) is 0 Å². The fraction of sp³-hybridized carbons (Fsp3) is 0.278. The Morgan fingerprint density at radius 1 is 1.00 bits per heavy atom. The van der Waals surface area contributed by atoms with Crippen molar-refractivity contribution < 1.29 is 19.7 Å². The maximum Gasteiger partial charge on any atom is 0.338 e. The zero-order valence-corrected chi connectivity index (χ0v) is 13.0. The molecule has 0 bridgehead atoms. The number of phenols is 2. The molecule has 4 nitrogen and oxygen atoms in total. The molecule has 0 atom stereocenters. The Balaban J connectivity index is 2.02. The summed E-state index contributed by atoms with van der Waals surface area (Å²) in [6.07, 6.45) is 0. The maximum atomic E-state index is 11.9. The van der Waals surface area contributed by atoms with Gasteiger partial charge in [0.05, 0.1) is 5.56 Å². The van der Waals surface area contributed by atoms with Crippen LogP contribution in [0.3, 0.4) is 0 Å². The minimum Gasteiger partial charge on any atom is -0.508 e. The largest absolute Gasteiger partial charge is 0.508 e.